The number of hydrogen-bond acceptors (Lipinski definition) is 5. The largest absolute Gasteiger partial charge is 0.323 e. The molecule has 30 heavy (non-hydrogen) atoms. The third-order valence-electron chi connectivity index (χ3n) is 4.55. The standard InChI is InChI=1S/C20H24FN5O3S/c1-12(2)18(25-30(28,29)17-8-6-5-7-16(17)21)20(27)24-15-9-14-10-23-26(13(3)4)19(14)22-11-15/h5-13,18,25H,1-4H3,(H,24,27)/t18-/m0/s1. The number of nitrogens with zero attached hydrogens (tertiary/aromatic N) is 3. The lowest BCUT2D eigenvalue weighted by Gasteiger charge is -2.21. The summed E-state index contributed by atoms with van der Waals surface area (Å²) in [6.07, 6.45) is 3.14. The fourth-order valence-electron chi connectivity index (χ4n) is 2.99. The number of rotatable bonds is 7. The van der Waals surface area contributed by atoms with Crippen LogP contribution < -0.4 is 10.0 Å². The highest BCUT2D eigenvalue weighted by molar-refractivity contribution is 7.89. The molecule has 2 heterocycles. The van der Waals surface area contributed by atoms with Gasteiger partial charge < -0.3 is 5.32 Å². The molecule has 0 aliphatic rings. The summed E-state index contributed by atoms with van der Waals surface area (Å²) >= 11 is 0. The minimum absolute atomic E-state index is 0.133. The second kappa shape index (κ2) is 8.49. The third kappa shape index (κ3) is 4.49. The van der Waals surface area contributed by atoms with Crippen LogP contribution in [0.15, 0.2) is 47.6 Å². The van der Waals surface area contributed by atoms with Gasteiger partial charge in [-0.2, -0.15) is 9.82 Å². The van der Waals surface area contributed by atoms with Crippen molar-refractivity contribution in [1.29, 1.82) is 0 Å². The summed E-state index contributed by atoms with van der Waals surface area (Å²) in [4.78, 5) is 16.7. The summed E-state index contributed by atoms with van der Waals surface area (Å²) in [6.45, 7) is 7.36. The highest BCUT2D eigenvalue weighted by Crippen LogP contribution is 2.20. The first-order chi connectivity index (χ1) is 14.1. The first-order valence-electron chi connectivity index (χ1n) is 9.51. The Morgan fingerprint density at radius 2 is 1.83 bits per heavy atom. The number of hydrogen-bond donors (Lipinski definition) is 2. The molecule has 1 atom stereocenters. The monoisotopic (exact) mass is 433 g/mol. The molecule has 0 saturated heterocycles. The van der Waals surface area contributed by atoms with Crippen LogP contribution >= 0.6 is 0 Å². The van der Waals surface area contributed by atoms with Crippen molar-refractivity contribution in [2.45, 2.75) is 44.7 Å². The van der Waals surface area contributed by atoms with Crippen LogP contribution in [0.2, 0.25) is 0 Å². The van der Waals surface area contributed by atoms with Crippen molar-refractivity contribution in [2.75, 3.05) is 5.32 Å². The topological polar surface area (TPSA) is 106 Å². The van der Waals surface area contributed by atoms with Crippen LogP contribution in [0.5, 0.6) is 0 Å². The zero-order valence-electron chi connectivity index (χ0n) is 17.1. The molecule has 3 rings (SSSR count). The van der Waals surface area contributed by atoms with Gasteiger partial charge in [-0.05, 0) is 38.0 Å². The Balaban J connectivity index is 1.82. The smallest absolute Gasteiger partial charge is 0.244 e. The van der Waals surface area contributed by atoms with Crippen molar-refractivity contribution in [3.63, 3.8) is 0 Å². The van der Waals surface area contributed by atoms with Crippen LogP contribution in [0.1, 0.15) is 33.7 Å². The van der Waals surface area contributed by atoms with Gasteiger partial charge in [-0.1, -0.05) is 26.0 Å². The van der Waals surface area contributed by atoms with E-state index in [-0.39, 0.29) is 12.0 Å². The second-order valence-corrected chi connectivity index (χ2v) is 9.26. The molecule has 0 unspecified atom stereocenters. The zero-order valence-corrected chi connectivity index (χ0v) is 17.9. The van der Waals surface area contributed by atoms with E-state index in [0.717, 1.165) is 17.5 Å². The summed E-state index contributed by atoms with van der Waals surface area (Å²) in [5.74, 6) is -1.83. The van der Waals surface area contributed by atoms with E-state index in [1.807, 2.05) is 13.8 Å². The molecule has 0 aliphatic carbocycles. The summed E-state index contributed by atoms with van der Waals surface area (Å²) in [6, 6.07) is 5.76. The summed E-state index contributed by atoms with van der Waals surface area (Å²) < 4.78 is 43.3. The van der Waals surface area contributed by atoms with Crippen molar-refractivity contribution < 1.29 is 17.6 Å². The number of nitrogens with one attached hydrogen (secondary N) is 2. The Hall–Kier alpha value is -2.85. The number of benzene rings is 1. The third-order valence-corrected chi connectivity index (χ3v) is 6.02. The predicted molar refractivity (Wildman–Crippen MR) is 112 cm³/mol. The second-order valence-electron chi connectivity index (χ2n) is 7.58. The quantitative estimate of drug-likeness (QED) is 0.596. The zero-order chi connectivity index (χ0) is 22.1. The van der Waals surface area contributed by atoms with Gasteiger partial charge in [-0.15, -0.1) is 0 Å². The van der Waals surface area contributed by atoms with Gasteiger partial charge in [-0.25, -0.2) is 22.5 Å². The number of amides is 1. The van der Waals surface area contributed by atoms with Crippen LogP contribution in [-0.4, -0.2) is 35.1 Å². The lowest BCUT2D eigenvalue weighted by atomic mass is 10.0. The Morgan fingerprint density at radius 3 is 2.47 bits per heavy atom. The van der Waals surface area contributed by atoms with Crippen molar-refractivity contribution >= 4 is 32.7 Å². The van der Waals surface area contributed by atoms with Crippen LogP contribution in [0, 0.1) is 11.7 Å². The number of halogens is 1. The van der Waals surface area contributed by atoms with Gasteiger partial charge in [0.25, 0.3) is 0 Å². The van der Waals surface area contributed by atoms with Gasteiger partial charge in [0.1, 0.15) is 16.8 Å². The van der Waals surface area contributed by atoms with E-state index in [1.54, 1.807) is 30.8 Å². The average Bonchev–Trinajstić information content (AvgIpc) is 3.09. The molecule has 0 spiro atoms. The molecule has 3 aromatic rings. The SMILES string of the molecule is CC(C)[C@H](NS(=O)(=O)c1ccccc1F)C(=O)Nc1cnc2c(cnn2C(C)C)c1. The van der Waals surface area contributed by atoms with Crippen molar-refractivity contribution in [1.82, 2.24) is 19.5 Å². The van der Waals surface area contributed by atoms with Gasteiger partial charge in [0.05, 0.1) is 18.1 Å². The Bertz CT molecular complexity index is 1170. The molecule has 1 amide bonds. The van der Waals surface area contributed by atoms with E-state index >= 15 is 0 Å². The fourth-order valence-corrected chi connectivity index (χ4v) is 4.41. The first-order valence-corrected chi connectivity index (χ1v) is 11.0. The number of fused-ring (bicyclic) bond motifs is 1. The average molecular weight is 434 g/mol. The molecule has 8 nitrogen and oxygen atoms in total. The molecule has 0 bridgehead atoms. The highest BCUT2D eigenvalue weighted by Gasteiger charge is 2.30. The van der Waals surface area contributed by atoms with E-state index in [2.05, 4.69) is 20.1 Å². The van der Waals surface area contributed by atoms with E-state index in [9.17, 15) is 17.6 Å². The van der Waals surface area contributed by atoms with Crippen LogP contribution in [0.4, 0.5) is 10.1 Å². The van der Waals surface area contributed by atoms with Crippen molar-refractivity contribution in [3.8, 4) is 0 Å². The number of carbonyl (C=O) groups excluding carboxylic acids is 1. The number of anilines is 1. The molecule has 160 valence electrons. The molecule has 0 fully saturated rings. The molecular weight excluding hydrogens is 409 g/mol. The molecule has 0 radical (unpaired) electrons. The molecule has 10 heteroatoms. The van der Waals surface area contributed by atoms with Gasteiger partial charge in [0.2, 0.25) is 15.9 Å². The first kappa shape index (κ1) is 21.8. The Morgan fingerprint density at radius 1 is 1.13 bits per heavy atom. The normalized spacial score (nSPS) is 13.2. The predicted octanol–water partition coefficient (Wildman–Crippen LogP) is 3.09. The van der Waals surface area contributed by atoms with Gasteiger partial charge in [0, 0.05) is 11.4 Å². The maximum atomic E-state index is 14.0. The van der Waals surface area contributed by atoms with Crippen LogP contribution in [0.3, 0.4) is 0 Å². The number of pyridine rings is 1. The summed E-state index contributed by atoms with van der Waals surface area (Å²) in [7, 11) is -4.23. The lowest BCUT2D eigenvalue weighted by Crippen LogP contribution is -2.47. The highest BCUT2D eigenvalue weighted by atomic mass is 32.2. The van der Waals surface area contributed by atoms with Crippen LogP contribution in [-0.2, 0) is 14.8 Å². The summed E-state index contributed by atoms with van der Waals surface area (Å²) in [5, 5.41) is 7.71. The summed E-state index contributed by atoms with van der Waals surface area (Å²) in [5.41, 5.74) is 1.09. The number of sulfonamides is 1. The molecule has 2 N–H and O–H groups in total. The lowest BCUT2D eigenvalue weighted by molar-refractivity contribution is -0.118. The molecule has 2 aromatic heterocycles. The van der Waals surface area contributed by atoms with E-state index in [1.165, 1.54) is 18.3 Å². The molecule has 0 saturated carbocycles. The van der Waals surface area contributed by atoms with Gasteiger partial charge in [0.15, 0.2) is 5.65 Å². The fraction of sp³-hybridized carbons (Fsp3) is 0.350. The van der Waals surface area contributed by atoms with Gasteiger partial charge >= 0.3 is 0 Å². The number of carbonyl (C=O) groups is 1. The minimum Gasteiger partial charge on any atom is -0.323 e. The molecular formula is C20H24FN5O3S. The Kier molecular flexibility index (Phi) is 6.18. The van der Waals surface area contributed by atoms with Crippen LogP contribution in [0.25, 0.3) is 11.0 Å². The molecule has 0 aliphatic heterocycles. The maximum Gasteiger partial charge on any atom is 0.244 e. The molecule has 1 aromatic carbocycles. The van der Waals surface area contributed by atoms with Crippen molar-refractivity contribution in [2.24, 2.45) is 5.92 Å². The Labute approximate surface area is 174 Å². The van der Waals surface area contributed by atoms with Crippen molar-refractivity contribution in [3.05, 3.63) is 48.5 Å². The van der Waals surface area contributed by atoms with E-state index in [4.69, 9.17) is 0 Å². The van der Waals surface area contributed by atoms with E-state index < -0.39 is 32.7 Å². The minimum atomic E-state index is -4.23. The van der Waals surface area contributed by atoms with E-state index in [0.29, 0.717) is 11.3 Å². The maximum absolute atomic E-state index is 14.0. The number of aromatic nitrogens is 3. The van der Waals surface area contributed by atoms with Gasteiger partial charge in [-0.3, -0.25) is 4.79 Å².